The van der Waals surface area contributed by atoms with Crippen LogP contribution in [0.5, 0.6) is 17.4 Å². The summed E-state index contributed by atoms with van der Waals surface area (Å²) in [5, 5.41) is 0. The van der Waals surface area contributed by atoms with Crippen LogP contribution >= 0.6 is 0 Å². The van der Waals surface area contributed by atoms with Crippen LogP contribution in [0.25, 0.3) is 0 Å². The molecule has 0 spiro atoms. The largest absolute Gasteiger partial charge is 0.488 e. The quantitative estimate of drug-likeness (QED) is 0.464. The summed E-state index contributed by atoms with van der Waals surface area (Å²) in [5.41, 5.74) is 2.01. The molecule has 0 atom stereocenters. The minimum absolute atomic E-state index is 0.248. The zero-order valence-electron chi connectivity index (χ0n) is 18.4. The van der Waals surface area contributed by atoms with Gasteiger partial charge in [-0.1, -0.05) is 50.2 Å². The van der Waals surface area contributed by atoms with Crippen molar-refractivity contribution in [2.24, 2.45) is 0 Å². The maximum absolute atomic E-state index is 11.8. The van der Waals surface area contributed by atoms with E-state index >= 15 is 0 Å². The maximum Gasteiger partial charge on any atom is 0.338 e. The highest BCUT2D eigenvalue weighted by atomic mass is 16.7. The van der Waals surface area contributed by atoms with Gasteiger partial charge in [-0.3, -0.25) is 0 Å². The summed E-state index contributed by atoms with van der Waals surface area (Å²) in [7, 11) is 1.32. The van der Waals surface area contributed by atoms with Gasteiger partial charge in [-0.25, -0.2) is 9.78 Å². The summed E-state index contributed by atoms with van der Waals surface area (Å²) in [6.45, 7) is 5.35. The van der Waals surface area contributed by atoms with E-state index in [1.54, 1.807) is 12.1 Å². The minimum Gasteiger partial charge on any atom is -0.488 e. The van der Waals surface area contributed by atoms with Crippen molar-refractivity contribution in [3.8, 4) is 17.4 Å². The monoisotopic (exact) mass is 437 g/mol. The van der Waals surface area contributed by atoms with Crippen molar-refractivity contribution in [3.63, 3.8) is 0 Å². The summed E-state index contributed by atoms with van der Waals surface area (Å²) < 4.78 is 28.2. The summed E-state index contributed by atoms with van der Waals surface area (Å²) in [4.78, 5) is 16.0. The molecule has 168 valence electrons. The van der Waals surface area contributed by atoms with Gasteiger partial charge in [0.25, 0.3) is 0 Å². The number of esters is 1. The van der Waals surface area contributed by atoms with Crippen LogP contribution in [-0.2, 0) is 20.8 Å². The molecule has 1 aliphatic rings. The molecule has 1 fully saturated rings. The van der Waals surface area contributed by atoms with Crippen LogP contribution in [0.1, 0.15) is 41.6 Å². The molecule has 4 rings (SSSR count). The Morgan fingerprint density at radius 3 is 2.44 bits per heavy atom. The van der Waals surface area contributed by atoms with Gasteiger partial charge in [-0.15, -0.1) is 0 Å². The predicted molar refractivity (Wildman–Crippen MR) is 119 cm³/mol. The van der Waals surface area contributed by atoms with Crippen molar-refractivity contribution in [1.82, 2.24) is 4.98 Å². The van der Waals surface area contributed by atoms with Crippen molar-refractivity contribution in [3.05, 3.63) is 83.6 Å². The van der Waals surface area contributed by atoms with Gasteiger partial charge >= 0.3 is 5.97 Å². The summed E-state index contributed by atoms with van der Waals surface area (Å²) >= 11 is 0. The van der Waals surface area contributed by atoms with Gasteiger partial charge in [0.05, 0.1) is 31.5 Å². The molecule has 7 heteroatoms. The van der Waals surface area contributed by atoms with E-state index in [0.29, 0.717) is 42.4 Å². The number of rotatable bonds is 7. The van der Waals surface area contributed by atoms with E-state index in [0.717, 1.165) is 5.56 Å². The fraction of sp³-hybridized carbons (Fsp3) is 0.280. The third-order valence-corrected chi connectivity index (χ3v) is 4.49. The second-order valence-electron chi connectivity index (χ2n) is 6.49. The standard InChI is InChI=1S/C23H21NO6.C2H6/c1-26-22(25)17-10-11-24-20(14-17)30-19-9-5-8-18(21(19)23-27-12-13-28-23)29-15-16-6-3-2-4-7-16;1-2/h2-11,14,23H,12-13,15H2,1H3;1-2H3. The number of carbonyl (C=O) groups is 1. The Hall–Kier alpha value is -3.42. The van der Waals surface area contributed by atoms with E-state index in [9.17, 15) is 4.79 Å². The molecule has 2 aromatic carbocycles. The van der Waals surface area contributed by atoms with Crippen molar-refractivity contribution in [2.75, 3.05) is 20.3 Å². The summed E-state index contributed by atoms with van der Waals surface area (Å²) in [6.07, 6.45) is 0.871. The van der Waals surface area contributed by atoms with Gasteiger partial charge in [0.1, 0.15) is 18.1 Å². The fourth-order valence-electron chi connectivity index (χ4n) is 3.05. The molecule has 1 aliphatic heterocycles. The first-order valence-electron chi connectivity index (χ1n) is 10.5. The molecule has 3 aromatic rings. The van der Waals surface area contributed by atoms with E-state index < -0.39 is 12.3 Å². The van der Waals surface area contributed by atoms with Crippen LogP contribution in [-0.4, -0.2) is 31.3 Å². The zero-order valence-corrected chi connectivity index (χ0v) is 18.4. The van der Waals surface area contributed by atoms with Gasteiger partial charge in [-0.2, -0.15) is 0 Å². The molecule has 1 saturated heterocycles. The lowest BCUT2D eigenvalue weighted by Gasteiger charge is -2.19. The second kappa shape index (κ2) is 11.8. The van der Waals surface area contributed by atoms with E-state index in [4.69, 9.17) is 23.7 Å². The third kappa shape index (κ3) is 5.84. The van der Waals surface area contributed by atoms with Gasteiger partial charge in [0.2, 0.25) is 5.88 Å². The molecule has 32 heavy (non-hydrogen) atoms. The topological polar surface area (TPSA) is 76.1 Å². The number of ether oxygens (including phenoxy) is 5. The molecular formula is C25H27NO6. The number of pyridine rings is 1. The number of nitrogens with zero attached hydrogens (tertiary/aromatic N) is 1. The highest BCUT2D eigenvalue weighted by Gasteiger charge is 2.27. The zero-order chi connectivity index (χ0) is 22.8. The molecule has 1 aromatic heterocycles. The minimum atomic E-state index is -0.615. The van der Waals surface area contributed by atoms with E-state index in [-0.39, 0.29) is 5.88 Å². The van der Waals surface area contributed by atoms with E-state index in [1.165, 1.54) is 19.4 Å². The van der Waals surface area contributed by atoms with Crippen molar-refractivity contribution in [1.29, 1.82) is 0 Å². The van der Waals surface area contributed by atoms with Gasteiger partial charge < -0.3 is 23.7 Å². The van der Waals surface area contributed by atoms with Gasteiger partial charge in [-0.05, 0) is 23.8 Å². The number of aromatic nitrogens is 1. The molecule has 0 N–H and O–H groups in total. The van der Waals surface area contributed by atoms with E-state index in [2.05, 4.69) is 4.98 Å². The van der Waals surface area contributed by atoms with Crippen LogP contribution in [0, 0.1) is 0 Å². The third-order valence-electron chi connectivity index (χ3n) is 4.49. The van der Waals surface area contributed by atoms with Crippen molar-refractivity contribution < 1.29 is 28.5 Å². The molecule has 0 saturated carbocycles. The number of carbonyl (C=O) groups excluding carboxylic acids is 1. The van der Waals surface area contributed by atoms with Crippen molar-refractivity contribution in [2.45, 2.75) is 26.7 Å². The van der Waals surface area contributed by atoms with Crippen LogP contribution in [0.2, 0.25) is 0 Å². The van der Waals surface area contributed by atoms with Crippen LogP contribution in [0.15, 0.2) is 66.9 Å². The average molecular weight is 437 g/mol. The Morgan fingerprint density at radius 1 is 1.00 bits per heavy atom. The Morgan fingerprint density at radius 2 is 1.72 bits per heavy atom. The number of hydrogen-bond acceptors (Lipinski definition) is 7. The molecule has 0 aliphatic carbocycles. The Kier molecular flexibility index (Phi) is 8.60. The van der Waals surface area contributed by atoms with Crippen LogP contribution in [0.4, 0.5) is 0 Å². The Balaban J connectivity index is 0.00000141. The first kappa shape index (κ1) is 23.2. The van der Waals surface area contributed by atoms with E-state index in [1.807, 2.05) is 56.3 Å². The highest BCUT2D eigenvalue weighted by molar-refractivity contribution is 5.89. The summed E-state index contributed by atoms with van der Waals surface area (Å²) in [5.74, 6) is 0.844. The molecule has 0 amide bonds. The number of hydrogen-bond donors (Lipinski definition) is 0. The lowest BCUT2D eigenvalue weighted by molar-refractivity contribution is -0.0470. The first-order valence-corrected chi connectivity index (χ1v) is 10.5. The summed E-state index contributed by atoms with van der Waals surface area (Å²) in [6, 6.07) is 18.4. The Bertz CT molecular complexity index is 1000. The lowest BCUT2D eigenvalue weighted by Crippen LogP contribution is -2.07. The lowest BCUT2D eigenvalue weighted by atomic mass is 10.1. The molecule has 0 unspecified atom stereocenters. The maximum atomic E-state index is 11.8. The smallest absolute Gasteiger partial charge is 0.338 e. The molecular weight excluding hydrogens is 410 g/mol. The van der Waals surface area contributed by atoms with Gasteiger partial charge in [0, 0.05) is 12.3 Å². The number of benzene rings is 2. The average Bonchev–Trinajstić information content (AvgIpc) is 3.39. The number of methoxy groups -OCH3 is 1. The van der Waals surface area contributed by atoms with Crippen LogP contribution in [0.3, 0.4) is 0 Å². The first-order chi connectivity index (χ1) is 15.7. The molecule has 0 bridgehead atoms. The molecule has 2 heterocycles. The molecule has 7 nitrogen and oxygen atoms in total. The second-order valence-corrected chi connectivity index (χ2v) is 6.49. The van der Waals surface area contributed by atoms with Crippen molar-refractivity contribution >= 4 is 5.97 Å². The predicted octanol–water partition coefficient (Wildman–Crippen LogP) is 5.31. The SMILES string of the molecule is CC.COC(=O)c1ccnc(Oc2cccc(OCc3ccccc3)c2C2OCCO2)c1. The highest BCUT2D eigenvalue weighted by Crippen LogP contribution is 2.40. The van der Waals surface area contributed by atoms with Crippen LogP contribution < -0.4 is 9.47 Å². The normalized spacial score (nSPS) is 13.1. The Labute approximate surface area is 187 Å². The fourth-order valence-corrected chi connectivity index (χ4v) is 3.05. The molecule has 0 radical (unpaired) electrons. The van der Waals surface area contributed by atoms with Gasteiger partial charge in [0.15, 0.2) is 6.29 Å².